The van der Waals surface area contributed by atoms with Crippen molar-refractivity contribution in [2.75, 3.05) is 0 Å². The van der Waals surface area contributed by atoms with Crippen molar-refractivity contribution >= 4 is 33.5 Å². The first kappa shape index (κ1) is 11.2. The summed E-state index contributed by atoms with van der Waals surface area (Å²) < 4.78 is -1.47. The highest BCUT2D eigenvalue weighted by atomic mass is 79.9. The Morgan fingerprint density at radius 2 is 2.36 bits per heavy atom. The largest absolute Gasteiger partial charge is 0.480 e. The molecule has 0 fully saturated rings. The molecule has 1 atom stereocenters. The lowest BCUT2D eigenvalue weighted by Crippen LogP contribution is -2.32. The summed E-state index contributed by atoms with van der Waals surface area (Å²) in [7, 11) is 0. The summed E-state index contributed by atoms with van der Waals surface area (Å²) in [6.45, 7) is 0. The second-order valence-corrected chi connectivity index (χ2v) is 4.66. The van der Waals surface area contributed by atoms with E-state index in [1.807, 2.05) is 0 Å². The number of carboxylic acids is 1. The summed E-state index contributed by atoms with van der Waals surface area (Å²) >= 11 is 8.51. The van der Waals surface area contributed by atoms with E-state index in [1.54, 1.807) is 0 Å². The fraction of sp³-hybridized carbons (Fsp3) is 0.286. The first-order valence-corrected chi connectivity index (χ1v) is 4.68. The minimum absolute atomic E-state index is 0.00122. The van der Waals surface area contributed by atoms with Crippen LogP contribution in [0, 0.1) is 10.1 Å². The van der Waals surface area contributed by atoms with Gasteiger partial charge in [0.2, 0.25) is 0 Å². The van der Waals surface area contributed by atoms with Crippen LogP contribution in [0.3, 0.4) is 0 Å². The van der Waals surface area contributed by atoms with Crippen molar-refractivity contribution in [1.29, 1.82) is 0 Å². The molecule has 14 heavy (non-hydrogen) atoms. The Labute approximate surface area is 92.3 Å². The van der Waals surface area contributed by atoms with Crippen LogP contribution in [0.1, 0.15) is 6.42 Å². The lowest BCUT2D eigenvalue weighted by Gasteiger charge is -2.20. The van der Waals surface area contributed by atoms with Crippen molar-refractivity contribution in [3.05, 3.63) is 33.0 Å². The molecule has 0 aromatic rings. The van der Waals surface area contributed by atoms with Gasteiger partial charge in [0.25, 0.3) is 5.70 Å². The molecule has 1 aliphatic carbocycles. The first-order valence-electron chi connectivity index (χ1n) is 3.51. The summed E-state index contributed by atoms with van der Waals surface area (Å²) in [5.41, 5.74) is -0.319. The Bertz CT molecular complexity index is 365. The van der Waals surface area contributed by atoms with Crippen molar-refractivity contribution in [3.63, 3.8) is 0 Å². The average Bonchev–Trinajstić information content (AvgIpc) is 2.02. The zero-order valence-electron chi connectivity index (χ0n) is 6.74. The van der Waals surface area contributed by atoms with E-state index in [9.17, 15) is 14.9 Å². The van der Waals surface area contributed by atoms with Gasteiger partial charge in [-0.2, -0.15) is 0 Å². The van der Waals surface area contributed by atoms with Gasteiger partial charge in [0.15, 0.2) is 4.32 Å². The van der Waals surface area contributed by atoms with Crippen LogP contribution < -0.4 is 0 Å². The van der Waals surface area contributed by atoms with Crippen molar-refractivity contribution in [3.8, 4) is 0 Å². The molecule has 0 saturated carbocycles. The molecule has 0 aromatic carbocycles. The summed E-state index contributed by atoms with van der Waals surface area (Å²) in [6, 6.07) is 0. The van der Waals surface area contributed by atoms with Gasteiger partial charge in [-0.15, -0.1) is 0 Å². The number of carboxylic acid groups (broad SMARTS) is 1. The topological polar surface area (TPSA) is 80.4 Å². The minimum Gasteiger partial charge on any atom is -0.480 e. The normalized spacial score (nSPS) is 26.4. The van der Waals surface area contributed by atoms with Gasteiger partial charge in [-0.25, -0.2) is 0 Å². The van der Waals surface area contributed by atoms with E-state index in [1.165, 1.54) is 0 Å². The molecule has 0 amide bonds. The van der Waals surface area contributed by atoms with Gasteiger partial charge in [0, 0.05) is 23.6 Å². The lowest BCUT2D eigenvalue weighted by atomic mass is 9.99. The van der Waals surface area contributed by atoms with E-state index in [-0.39, 0.29) is 17.2 Å². The van der Waals surface area contributed by atoms with Gasteiger partial charge in [0.05, 0.1) is 4.92 Å². The monoisotopic (exact) mass is 281 g/mol. The van der Waals surface area contributed by atoms with Crippen molar-refractivity contribution in [2.45, 2.75) is 10.7 Å². The number of hydrogen-bond donors (Lipinski definition) is 1. The van der Waals surface area contributed by atoms with E-state index < -0.39 is 15.2 Å². The number of hydrogen-bond acceptors (Lipinski definition) is 3. The quantitative estimate of drug-likeness (QED) is 0.476. The molecule has 0 aliphatic heterocycles. The Morgan fingerprint density at radius 3 is 2.79 bits per heavy atom. The molecule has 0 bridgehead atoms. The molecule has 7 heteroatoms. The van der Waals surface area contributed by atoms with Crippen molar-refractivity contribution in [1.82, 2.24) is 0 Å². The van der Waals surface area contributed by atoms with Crippen LogP contribution in [-0.4, -0.2) is 20.3 Å². The number of alkyl halides is 1. The summed E-state index contributed by atoms with van der Waals surface area (Å²) in [5, 5.41) is 19.4. The Kier molecular flexibility index (Phi) is 2.96. The third-order valence-corrected chi connectivity index (χ3v) is 2.76. The van der Waals surface area contributed by atoms with Crippen LogP contribution in [0.25, 0.3) is 0 Å². The van der Waals surface area contributed by atoms with Crippen LogP contribution >= 0.6 is 27.5 Å². The predicted molar refractivity (Wildman–Crippen MR) is 52.9 cm³/mol. The highest BCUT2D eigenvalue weighted by molar-refractivity contribution is 9.10. The fourth-order valence-electron chi connectivity index (χ4n) is 1.03. The molecule has 1 aliphatic rings. The molecule has 1 unspecified atom stereocenters. The highest BCUT2D eigenvalue weighted by Crippen LogP contribution is 2.35. The average molecular weight is 282 g/mol. The molecular formula is C7H5BrClNO4. The number of aliphatic carboxylic acids is 1. The van der Waals surface area contributed by atoms with Crippen LogP contribution in [-0.2, 0) is 4.79 Å². The number of nitro groups is 1. The Balaban J connectivity index is 3.14. The van der Waals surface area contributed by atoms with Gasteiger partial charge in [-0.3, -0.25) is 14.9 Å². The zero-order valence-corrected chi connectivity index (χ0v) is 9.08. The smallest absolute Gasteiger partial charge is 0.325 e. The first-order chi connectivity index (χ1) is 6.35. The van der Waals surface area contributed by atoms with E-state index in [4.69, 9.17) is 16.7 Å². The molecule has 1 rings (SSSR count). The fourth-order valence-corrected chi connectivity index (χ4v) is 2.05. The van der Waals surface area contributed by atoms with Crippen molar-refractivity contribution < 1.29 is 14.8 Å². The van der Waals surface area contributed by atoms with Gasteiger partial charge in [-0.1, -0.05) is 27.5 Å². The molecule has 0 aromatic heterocycles. The predicted octanol–water partition coefficient (Wildman–Crippen LogP) is 1.89. The van der Waals surface area contributed by atoms with Gasteiger partial charge >= 0.3 is 5.97 Å². The molecule has 0 radical (unpaired) electrons. The van der Waals surface area contributed by atoms with Crippen LogP contribution in [0.5, 0.6) is 0 Å². The second-order valence-electron chi connectivity index (χ2n) is 2.76. The third kappa shape index (κ3) is 2.13. The maximum absolute atomic E-state index is 10.8. The molecule has 1 N–H and O–H groups in total. The minimum atomic E-state index is -1.47. The molecule has 0 spiro atoms. The van der Waals surface area contributed by atoms with Crippen LogP contribution in [0.15, 0.2) is 22.9 Å². The van der Waals surface area contributed by atoms with E-state index in [0.29, 0.717) is 0 Å². The number of carbonyl (C=O) groups is 1. The number of rotatable bonds is 2. The van der Waals surface area contributed by atoms with Gasteiger partial charge < -0.3 is 5.11 Å². The number of halogens is 2. The van der Waals surface area contributed by atoms with Gasteiger partial charge in [-0.05, 0) is 0 Å². The highest BCUT2D eigenvalue weighted by Gasteiger charge is 2.39. The van der Waals surface area contributed by atoms with Crippen LogP contribution in [0.2, 0.25) is 0 Å². The standard InChI is InChI=1S/C7H5BrClNO4/c8-7(6(11)12)2-4(9)1-5(3-7)10(13)14/h1,3H,2H2,(H,11,12). The van der Waals surface area contributed by atoms with E-state index >= 15 is 0 Å². The molecular weight excluding hydrogens is 277 g/mol. The molecule has 0 saturated heterocycles. The Morgan fingerprint density at radius 1 is 1.79 bits per heavy atom. The Hall–Kier alpha value is -0.880. The number of allylic oxidation sites excluding steroid dienone is 2. The molecule has 0 heterocycles. The maximum Gasteiger partial charge on any atom is 0.325 e. The van der Waals surface area contributed by atoms with Crippen LogP contribution in [0.4, 0.5) is 0 Å². The lowest BCUT2D eigenvalue weighted by molar-refractivity contribution is -0.419. The molecule has 5 nitrogen and oxygen atoms in total. The summed E-state index contributed by atoms with van der Waals surface area (Å²) in [6.07, 6.45) is 2.17. The SMILES string of the molecule is O=C(O)C1(Br)C=C([N+](=O)[O-])C=C(Cl)C1. The van der Waals surface area contributed by atoms with E-state index in [2.05, 4.69) is 15.9 Å². The maximum atomic E-state index is 10.8. The summed E-state index contributed by atoms with van der Waals surface area (Å²) in [4.78, 5) is 20.5. The summed E-state index contributed by atoms with van der Waals surface area (Å²) in [5.74, 6) is -1.21. The number of nitrogens with zero attached hydrogens (tertiary/aromatic N) is 1. The van der Waals surface area contributed by atoms with E-state index in [0.717, 1.165) is 12.2 Å². The zero-order chi connectivity index (χ0) is 10.9. The van der Waals surface area contributed by atoms with Crippen molar-refractivity contribution in [2.24, 2.45) is 0 Å². The van der Waals surface area contributed by atoms with Gasteiger partial charge in [0.1, 0.15) is 0 Å². The third-order valence-electron chi connectivity index (χ3n) is 1.67. The molecule has 76 valence electrons. The second kappa shape index (κ2) is 3.70.